The minimum atomic E-state index is -0.419. The Morgan fingerprint density at radius 1 is 1.35 bits per heavy atom. The van der Waals surface area contributed by atoms with E-state index >= 15 is 0 Å². The van der Waals surface area contributed by atoms with Gasteiger partial charge in [0.15, 0.2) is 0 Å². The van der Waals surface area contributed by atoms with E-state index in [9.17, 15) is 10.1 Å². The van der Waals surface area contributed by atoms with E-state index in [4.69, 9.17) is 0 Å². The molecule has 0 aliphatic rings. The number of hydrogen-bond acceptors (Lipinski definition) is 4. The molecule has 1 radical (unpaired) electrons. The average Bonchev–Trinajstić information content (AvgIpc) is 2.28. The molecular formula is C12H18N3O2. The molecule has 5 nitrogen and oxygen atoms in total. The quantitative estimate of drug-likeness (QED) is 0.558. The van der Waals surface area contributed by atoms with Crippen molar-refractivity contribution in [2.75, 3.05) is 39.1 Å². The minimum absolute atomic E-state index is 0.0157. The number of non-ortho nitro benzene ring substituents is 1. The highest BCUT2D eigenvalue weighted by Gasteiger charge is 2.08. The van der Waals surface area contributed by atoms with Gasteiger partial charge >= 0.3 is 0 Å². The van der Waals surface area contributed by atoms with Gasteiger partial charge in [-0.15, -0.1) is 0 Å². The van der Waals surface area contributed by atoms with Crippen molar-refractivity contribution in [2.45, 2.75) is 6.42 Å². The summed E-state index contributed by atoms with van der Waals surface area (Å²) in [5.41, 5.74) is 0.871. The van der Waals surface area contributed by atoms with Crippen LogP contribution in [0.15, 0.2) is 18.2 Å². The molecule has 0 amide bonds. The zero-order valence-electron chi connectivity index (χ0n) is 10.5. The van der Waals surface area contributed by atoms with E-state index in [0.717, 1.165) is 25.2 Å². The second-order valence-corrected chi connectivity index (χ2v) is 4.27. The lowest BCUT2D eigenvalue weighted by Crippen LogP contribution is -2.23. The molecule has 0 aliphatic heterocycles. The monoisotopic (exact) mass is 236 g/mol. The van der Waals surface area contributed by atoms with E-state index in [-0.39, 0.29) is 5.69 Å². The van der Waals surface area contributed by atoms with Gasteiger partial charge in [0.2, 0.25) is 0 Å². The van der Waals surface area contributed by atoms with E-state index in [2.05, 4.69) is 11.0 Å². The highest BCUT2D eigenvalue weighted by Crippen LogP contribution is 2.19. The zero-order chi connectivity index (χ0) is 12.8. The first-order valence-corrected chi connectivity index (χ1v) is 5.52. The molecule has 1 aromatic rings. The van der Waals surface area contributed by atoms with Gasteiger partial charge in [0.25, 0.3) is 5.69 Å². The summed E-state index contributed by atoms with van der Waals surface area (Å²) >= 11 is 0. The predicted octanol–water partition coefficient (Wildman–Crippen LogP) is 1.78. The Bertz CT molecular complexity index is 380. The van der Waals surface area contributed by atoms with Gasteiger partial charge in [-0.25, -0.2) is 0 Å². The molecule has 0 aromatic heterocycles. The molecular weight excluding hydrogens is 218 g/mol. The number of hydrogen-bond donors (Lipinski definition) is 0. The summed E-state index contributed by atoms with van der Waals surface area (Å²) in [5, 5.41) is 10.6. The van der Waals surface area contributed by atoms with Crippen LogP contribution in [0.2, 0.25) is 0 Å². The SMILES string of the molecule is CN(C)CCCN(C)c1cc[c]c([N+](=O)[O-])c1. The molecule has 1 rings (SSSR count). The smallest absolute Gasteiger partial charge is 0.279 e. The van der Waals surface area contributed by atoms with Gasteiger partial charge in [-0.1, -0.05) is 0 Å². The minimum Gasteiger partial charge on any atom is -0.374 e. The first-order chi connectivity index (χ1) is 8.00. The van der Waals surface area contributed by atoms with Gasteiger partial charge in [-0.05, 0) is 39.2 Å². The molecule has 0 unspecified atom stereocenters. The normalized spacial score (nSPS) is 10.6. The van der Waals surface area contributed by atoms with Crippen molar-refractivity contribution in [1.29, 1.82) is 0 Å². The van der Waals surface area contributed by atoms with Crippen LogP contribution in [0.5, 0.6) is 0 Å². The Labute approximate surface area is 102 Å². The van der Waals surface area contributed by atoms with Crippen molar-refractivity contribution in [3.8, 4) is 0 Å². The molecule has 0 heterocycles. The number of nitro groups is 1. The zero-order valence-corrected chi connectivity index (χ0v) is 10.5. The summed E-state index contributed by atoms with van der Waals surface area (Å²) in [6, 6.07) is 7.58. The Balaban J connectivity index is 2.59. The first kappa shape index (κ1) is 13.4. The molecule has 5 heteroatoms. The van der Waals surface area contributed by atoms with E-state index in [0.29, 0.717) is 0 Å². The highest BCUT2D eigenvalue weighted by molar-refractivity contribution is 5.51. The van der Waals surface area contributed by atoms with Gasteiger partial charge in [-0.3, -0.25) is 10.1 Å². The summed E-state index contributed by atoms with van der Waals surface area (Å²) in [5.74, 6) is 0. The van der Waals surface area contributed by atoms with Crippen molar-refractivity contribution >= 4 is 11.4 Å². The molecule has 0 fully saturated rings. The fourth-order valence-electron chi connectivity index (χ4n) is 1.54. The average molecular weight is 236 g/mol. The summed E-state index contributed by atoms with van der Waals surface area (Å²) in [6.07, 6.45) is 1.02. The molecule has 93 valence electrons. The van der Waals surface area contributed by atoms with Crippen LogP contribution in [-0.4, -0.2) is 44.1 Å². The van der Waals surface area contributed by atoms with Crippen molar-refractivity contribution in [3.05, 3.63) is 34.4 Å². The molecule has 0 atom stereocenters. The van der Waals surface area contributed by atoms with Crippen LogP contribution in [-0.2, 0) is 0 Å². The van der Waals surface area contributed by atoms with Crippen LogP contribution >= 0.6 is 0 Å². The lowest BCUT2D eigenvalue weighted by Gasteiger charge is -2.20. The Morgan fingerprint density at radius 3 is 2.65 bits per heavy atom. The number of anilines is 1. The molecule has 0 saturated heterocycles. The standard InChI is InChI=1S/C12H18N3O2/c1-13(2)8-5-9-14(3)11-6-4-7-12(10-11)15(16)17/h4,6,10H,5,8-9H2,1-3H3. The summed E-state index contributed by atoms with van der Waals surface area (Å²) < 4.78 is 0. The van der Waals surface area contributed by atoms with Crippen molar-refractivity contribution in [1.82, 2.24) is 4.90 Å². The Kier molecular flexibility index (Phi) is 4.90. The van der Waals surface area contributed by atoms with Crippen molar-refractivity contribution < 1.29 is 4.92 Å². The van der Waals surface area contributed by atoms with Crippen LogP contribution in [0, 0.1) is 16.2 Å². The molecule has 0 aliphatic carbocycles. The molecule has 0 spiro atoms. The predicted molar refractivity (Wildman–Crippen MR) is 68.4 cm³/mol. The van der Waals surface area contributed by atoms with Crippen molar-refractivity contribution in [2.24, 2.45) is 0 Å². The third kappa shape index (κ3) is 4.40. The lowest BCUT2D eigenvalue weighted by atomic mass is 10.2. The third-order valence-corrected chi connectivity index (χ3v) is 2.51. The highest BCUT2D eigenvalue weighted by atomic mass is 16.6. The maximum absolute atomic E-state index is 10.6. The van der Waals surface area contributed by atoms with Crippen LogP contribution in [0.3, 0.4) is 0 Å². The lowest BCUT2D eigenvalue weighted by molar-refractivity contribution is -0.385. The Hall–Kier alpha value is -1.62. The maximum Gasteiger partial charge on any atom is 0.279 e. The molecule has 0 N–H and O–H groups in total. The molecule has 17 heavy (non-hydrogen) atoms. The van der Waals surface area contributed by atoms with Crippen LogP contribution in [0.25, 0.3) is 0 Å². The fraction of sp³-hybridized carbons (Fsp3) is 0.500. The van der Waals surface area contributed by atoms with Gasteiger partial charge in [0, 0.05) is 25.3 Å². The topological polar surface area (TPSA) is 49.6 Å². The summed E-state index contributed by atoms with van der Waals surface area (Å²) in [6.45, 7) is 1.88. The Morgan fingerprint density at radius 2 is 2.06 bits per heavy atom. The fourth-order valence-corrected chi connectivity index (χ4v) is 1.54. The molecule has 0 bridgehead atoms. The van der Waals surface area contributed by atoms with E-state index in [1.165, 1.54) is 0 Å². The number of nitrogens with zero attached hydrogens (tertiary/aromatic N) is 3. The molecule has 1 aromatic carbocycles. The summed E-state index contributed by atoms with van der Waals surface area (Å²) in [7, 11) is 6.00. The number of rotatable bonds is 6. The van der Waals surface area contributed by atoms with Crippen LogP contribution in [0.1, 0.15) is 6.42 Å². The number of benzene rings is 1. The van der Waals surface area contributed by atoms with Crippen LogP contribution in [0.4, 0.5) is 11.4 Å². The van der Waals surface area contributed by atoms with Gasteiger partial charge < -0.3 is 9.80 Å². The largest absolute Gasteiger partial charge is 0.374 e. The van der Waals surface area contributed by atoms with Crippen molar-refractivity contribution in [3.63, 3.8) is 0 Å². The van der Waals surface area contributed by atoms with Gasteiger partial charge in [0.1, 0.15) is 0 Å². The second kappa shape index (κ2) is 6.20. The molecule has 0 saturated carbocycles. The summed E-state index contributed by atoms with van der Waals surface area (Å²) in [4.78, 5) is 14.3. The van der Waals surface area contributed by atoms with Crippen LogP contribution < -0.4 is 4.90 Å². The third-order valence-electron chi connectivity index (χ3n) is 2.51. The second-order valence-electron chi connectivity index (χ2n) is 4.27. The van der Waals surface area contributed by atoms with Gasteiger partial charge in [0.05, 0.1) is 11.0 Å². The van der Waals surface area contributed by atoms with E-state index in [1.807, 2.05) is 32.1 Å². The van der Waals surface area contributed by atoms with E-state index < -0.39 is 4.92 Å². The first-order valence-electron chi connectivity index (χ1n) is 5.52. The van der Waals surface area contributed by atoms with E-state index in [1.54, 1.807) is 12.1 Å². The maximum atomic E-state index is 10.6. The number of nitro benzene ring substituents is 1. The van der Waals surface area contributed by atoms with Gasteiger partial charge in [-0.2, -0.15) is 0 Å².